The molecule has 3 N–H and O–H groups in total. The lowest BCUT2D eigenvalue weighted by Gasteiger charge is -2.14. The Morgan fingerprint density at radius 1 is 1.14 bits per heavy atom. The smallest absolute Gasteiger partial charge is 0.253 e. The van der Waals surface area contributed by atoms with Gasteiger partial charge in [-0.1, -0.05) is 6.07 Å². The molecule has 0 spiro atoms. The average Bonchev–Trinajstić information content (AvgIpc) is 2.43. The molecule has 0 aliphatic carbocycles. The Bertz CT molecular complexity index is 666. The number of nitrogen functional groups attached to an aromatic ring is 1. The maximum absolute atomic E-state index is 13.6. The van der Waals surface area contributed by atoms with Gasteiger partial charge in [0.25, 0.3) is 5.91 Å². The standard InChI is InChI=1S/C15H15F2N3O/c1-20(2)15(21)9-6-7-13(12(18)8-9)19-14-10(16)4-3-5-11(14)17/h3-8,19H,18H2,1-2H3. The van der Waals surface area contributed by atoms with Crippen LogP contribution in [0.3, 0.4) is 0 Å². The fraction of sp³-hybridized carbons (Fsp3) is 0.133. The molecule has 0 bridgehead atoms. The number of nitrogens with one attached hydrogen (secondary N) is 1. The van der Waals surface area contributed by atoms with Gasteiger partial charge in [0.2, 0.25) is 0 Å². The molecule has 21 heavy (non-hydrogen) atoms. The summed E-state index contributed by atoms with van der Waals surface area (Å²) in [6, 6.07) is 8.08. The van der Waals surface area contributed by atoms with Gasteiger partial charge in [-0.05, 0) is 30.3 Å². The summed E-state index contributed by atoms with van der Waals surface area (Å²) in [7, 11) is 3.25. The highest BCUT2D eigenvalue weighted by Crippen LogP contribution is 2.27. The Kier molecular flexibility index (Phi) is 4.07. The molecule has 0 aliphatic heterocycles. The van der Waals surface area contributed by atoms with Crippen LogP contribution >= 0.6 is 0 Å². The van der Waals surface area contributed by atoms with Crippen molar-refractivity contribution < 1.29 is 13.6 Å². The SMILES string of the molecule is CN(C)C(=O)c1ccc(Nc2c(F)cccc2F)c(N)c1. The number of benzene rings is 2. The molecule has 2 aromatic carbocycles. The van der Waals surface area contributed by atoms with E-state index in [9.17, 15) is 13.6 Å². The summed E-state index contributed by atoms with van der Waals surface area (Å²) in [5, 5.41) is 2.60. The lowest BCUT2D eigenvalue weighted by Crippen LogP contribution is -2.21. The van der Waals surface area contributed by atoms with Crippen LogP contribution < -0.4 is 11.1 Å². The van der Waals surface area contributed by atoms with Crippen LogP contribution in [0.15, 0.2) is 36.4 Å². The zero-order chi connectivity index (χ0) is 15.6. The van der Waals surface area contributed by atoms with E-state index in [4.69, 9.17) is 5.73 Å². The summed E-state index contributed by atoms with van der Waals surface area (Å²) in [6.45, 7) is 0. The van der Waals surface area contributed by atoms with Gasteiger partial charge in [-0.3, -0.25) is 4.79 Å². The van der Waals surface area contributed by atoms with Gasteiger partial charge >= 0.3 is 0 Å². The number of nitrogens with two attached hydrogens (primary N) is 1. The van der Waals surface area contributed by atoms with Crippen LogP contribution in [0.4, 0.5) is 25.8 Å². The molecule has 0 aromatic heterocycles. The van der Waals surface area contributed by atoms with E-state index < -0.39 is 11.6 Å². The topological polar surface area (TPSA) is 58.4 Å². The molecule has 0 radical (unpaired) electrons. The van der Waals surface area contributed by atoms with Gasteiger partial charge in [0, 0.05) is 19.7 Å². The summed E-state index contributed by atoms with van der Waals surface area (Å²) in [5.41, 5.74) is 6.50. The lowest BCUT2D eigenvalue weighted by atomic mass is 10.1. The average molecular weight is 291 g/mol. The molecule has 0 unspecified atom stereocenters. The molecule has 1 amide bonds. The van der Waals surface area contributed by atoms with Crippen molar-refractivity contribution in [3.63, 3.8) is 0 Å². The fourth-order valence-electron chi connectivity index (χ4n) is 1.82. The number of nitrogens with zero attached hydrogens (tertiary/aromatic N) is 1. The van der Waals surface area contributed by atoms with Gasteiger partial charge in [-0.25, -0.2) is 8.78 Å². The van der Waals surface area contributed by atoms with Crippen molar-refractivity contribution in [3.8, 4) is 0 Å². The summed E-state index contributed by atoms with van der Waals surface area (Å²) in [6.07, 6.45) is 0. The van der Waals surface area contributed by atoms with Crippen molar-refractivity contribution in [2.75, 3.05) is 25.1 Å². The predicted octanol–water partition coefficient (Wildman–Crippen LogP) is 2.99. The number of carbonyl (C=O) groups is 1. The largest absolute Gasteiger partial charge is 0.397 e. The van der Waals surface area contributed by atoms with E-state index in [2.05, 4.69) is 5.32 Å². The van der Waals surface area contributed by atoms with Crippen LogP contribution in [0.5, 0.6) is 0 Å². The molecule has 0 saturated carbocycles. The van der Waals surface area contributed by atoms with Crippen LogP contribution in [0.25, 0.3) is 0 Å². The highest BCUT2D eigenvalue weighted by Gasteiger charge is 2.13. The van der Waals surface area contributed by atoms with Crippen molar-refractivity contribution >= 4 is 23.0 Å². The predicted molar refractivity (Wildman–Crippen MR) is 78.5 cm³/mol. The lowest BCUT2D eigenvalue weighted by molar-refractivity contribution is 0.0827. The molecule has 0 aliphatic rings. The second-order valence-corrected chi connectivity index (χ2v) is 4.72. The Morgan fingerprint density at radius 3 is 2.29 bits per heavy atom. The highest BCUT2D eigenvalue weighted by atomic mass is 19.1. The minimum Gasteiger partial charge on any atom is -0.397 e. The number of para-hydroxylation sites is 1. The van der Waals surface area contributed by atoms with E-state index in [1.807, 2.05) is 0 Å². The molecule has 0 atom stereocenters. The van der Waals surface area contributed by atoms with E-state index in [1.54, 1.807) is 20.2 Å². The van der Waals surface area contributed by atoms with Gasteiger partial charge in [0.15, 0.2) is 0 Å². The van der Waals surface area contributed by atoms with Gasteiger partial charge in [-0.2, -0.15) is 0 Å². The summed E-state index contributed by atoms with van der Waals surface area (Å²) >= 11 is 0. The molecule has 6 heteroatoms. The molecule has 110 valence electrons. The summed E-state index contributed by atoms with van der Waals surface area (Å²) in [4.78, 5) is 13.2. The highest BCUT2D eigenvalue weighted by molar-refractivity contribution is 5.96. The van der Waals surface area contributed by atoms with E-state index >= 15 is 0 Å². The van der Waals surface area contributed by atoms with Gasteiger partial charge in [0.05, 0.1) is 11.4 Å². The zero-order valence-corrected chi connectivity index (χ0v) is 11.7. The zero-order valence-electron chi connectivity index (χ0n) is 11.7. The minimum atomic E-state index is -0.720. The molecular formula is C15H15F2N3O. The third-order valence-corrected chi connectivity index (χ3v) is 2.93. The van der Waals surface area contributed by atoms with Gasteiger partial charge in [-0.15, -0.1) is 0 Å². The Hall–Kier alpha value is -2.63. The molecule has 2 aromatic rings. The maximum Gasteiger partial charge on any atom is 0.253 e. The van der Waals surface area contributed by atoms with Crippen LogP contribution in [0.2, 0.25) is 0 Å². The van der Waals surface area contributed by atoms with Crippen molar-refractivity contribution in [1.82, 2.24) is 4.90 Å². The molecule has 0 heterocycles. The fourth-order valence-corrected chi connectivity index (χ4v) is 1.82. The Morgan fingerprint density at radius 2 is 1.76 bits per heavy atom. The van der Waals surface area contributed by atoms with Crippen LogP contribution in [0.1, 0.15) is 10.4 Å². The van der Waals surface area contributed by atoms with Gasteiger partial charge < -0.3 is 16.0 Å². The molecule has 2 rings (SSSR count). The van der Waals surface area contributed by atoms with E-state index in [0.29, 0.717) is 11.3 Å². The van der Waals surface area contributed by atoms with Crippen molar-refractivity contribution in [2.24, 2.45) is 0 Å². The molecule has 0 saturated heterocycles. The number of hydrogen-bond acceptors (Lipinski definition) is 3. The normalized spacial score (nSPS) is 10.3. The first kappa shape index (κ1) is 14.8. The monoisotopic (exact) mass is 291 g/mol. The number of anilines is 3. The number of amides is 1. The molecular weight excluding hydrogens is 276 g/mol. The van der Waals surface area contributed by atoms with Crippen LogP contribution in [0, 0.1) is 11.6 Å². The van der Waals surface area contributed by atoms with Crippen molar-refractivity contribution in [2.45, 2.75) is 0 Å². The first-order valence-corrected chi connectivity index (χ1v) is 6.22. The second-order valence-electron chi connectivity index (χ2n) is 4.72. The number of carbonyl (C=O) groups excluding carboxylic acids is 1. The van der Waals surface area contributed by atoms with E-state index in [0.717, 1.165) is 12.1 Å². The van der Waals surface area contributed by atoms with Crippen molar-refractivity contribution in [1.29, 1.82) is 0 Å². The Balaban J connectivity index is 2.32. The maximum atomic E-state index is 13.6. The van der Waals surface area contributed by atoms with E-state index in [-0.39, 0.29) is 17.3 Å². The minimum absolute atomic E-state index is 0.203. The second kappa shape index (κ2) is 5.78. The van der Waals surface area contributed by atoms with Crippen LogP contribution in [-0.4, -0.2) is 24.9 Å². The number of halogens is 2. The summed E-state index contributed by atoms with van der Waals surface area (Å²) in [5.74, 6) is -1.64. The Labute approximate surface area is 121 Å². The number of hydrogen-bond donors (Lipinski definition) is 2. The van der Waals surface area contributed by atoms with Gasteiger partial charge in [0.1, 0.15) is 17.3 Å². The third-order valence-electron chi connectivity index (χ3n) is 2.93. The molecule has 4 nitrogen and oxygen atoms in total. The van der Waals surface area contributed by atoms with E-state index in [1.165, 1.54) is 23.1 Å². The molecule has 0 fully saturated rings. The van der Waals surface area contributed by atoms with Crippen molar-refractivity contribution in [3.05, 3.63) is 53.6 Å². The first-order valence-electron chi connectivity index (χ1n) is 6.22. The van der Waals surface area contributed by atoms with Crippen LogP contribution in [-0.2, 0) is 0 Å². The first-order chi connectivity index (χ1) is 9.90. The summed E-state index contributed by atoms with van der Waals surface area (Å²) < 4.78 is 27.2. The third kappa shape index (κ3) is 3.10. The number of rotatable bonds is 3. The quantitative estimate of drug-likeness (QED) is 0.855.